The summed E-state index contributed by atoms with van der Waals surface area (Å²) < 4.78 is 0. The summed E-state index contributed by atoms with van der Waals surface area (Å²) in [5, 5.41) is 0.764. The van der Waals surface area contributed by atoms with Crippen LogP contribution in [0.5, 0.6) is 0 Å². The van der Waals surface area contributed by atoms with E-state index in [1.807, 2.05) is 12.1 Å². The fourth-order valence-corrected chi connectivity index (χ4v) is 5.00. The van der Waals surface area contributed by atoms with E-state index in [1.54, 1.807) is 0 Å². The van der Waals surface area contributed by atoms with Gasteiger partial charge in [0.25, 0.3) is 0 Å². The maximum Gasteiger partial charge on any atom is 0.225 e. The van der Waals surface area contributed by atoms with E-state index in [9.17, 15) is 4.79 Å². The molecule has 3 fully saturated rings. The Bertz CT molecular complexity index is 748. The monoisotopic (exact) mass is 446 g/mol. The van der Waals surface area contributed by atoms with Crippen LogP contribution < -0.4 is 10.6 Å². The molecule has 0 spiro atoms. The Balaban J connectivity index is 1.15. The van der Waals surface area contributed by atoms with Crippen molar-refractivity contribution < 1.29 is 4.79 Å². The average molecular weight is 447 g/mol. The highest BCUT2D eigenvalue weighted by Crippen LogP contribution is 2.27. The zero-order valence-corrected chi connectivity index (χ0v) is 19.1. The van der Waals surface area contributed by atoms with Crippen molar-refractivity contribution in [1.29, 1.82) is 0 Å². The van der Waals surface area contributed by atoms with Gasteiger partial charge in [-0.05, 0) is 37.1 Å². The minimum Gasteiger partial charge on any atom is -0.370 e. The van der Waals surface area contributed by atoms with Crippen molar-refractivity contribution in [3.8, 4) is 0 Å². The van der Waals surface area contributed by atoms with Crippen molar-refractivity contribution in [3.63, 3.8) is 0 Å². The molecule has 0 aromatic heterocycles. The molecule has 4 rings (SSSR count). The second-order valence-corrected chi connectivity index (χ2v) is 9.28. The minimum absolute atomic E-state index is 0.288. The maximum atomic E-state index is 12.6. The first-order chi connectivity index (χ1) is 15.1. The Labute approximate surface area is 190 Å². The lowest BCUT2D eigenvalue weighted by molar-refractivity contribution is -0.137. The summed E-state index contributed by atoms with van der Waals surface area (Å²) in [7, 11) is 0. The predicted molar refractivity (Wildman–Crippen MR) is 127 cm³/mol. The molecule has 3 aliphatic rings. The van der Waals surface area contributed by atoms with E-state index in [0.717, 1.165) is 76.8 Å². The number of nitrogens with zero attached hydrogens (tertiary/aromatic N) is 5. The Morgan fingerprint density at radius 2 is 1.55 bits per heavy atom. The van der Waals surface area contributed by atoms with Gasteiger partial charge in [-0.25, -0.2) is 0 Å². The fraction of sp³-hybridized carbons (Fsp3) is 0.652. The van der Waals surface area contributed by atoms with E-state index in [0.29, 0.717) is 18.4 Å². The zero-order valence-electron chi connectivity index (χ0n) is 18.4. The lowest BCUT2D eigenvalue weighted by Crippen LogP contribution is -2.52. The summed E-state index contributed by atoms with van der Waals surface area (Å²) in [6.45, 7) is 8.78. The summed E-state index contributed by atoms with van der Waals surface area (Å²) >= 11 is 5.99. The molecule has 170 valence electrons. The van der Waals surface area contributed by atoms with Crippen LogP contribution in [0.1, 0.15) is 25.7 Å². The van der Waals surface area contributed by atoms with Gasteiger partial charge in [0.1, 0.15) is 0 Å². The number of carbonyl (C=O) groups is 1. The van der Waals surface area contributed by atoms with Crippen LogP contribution in [0.3, 0.4) is 0 Å². The third kappa shape index (κ3) is 5.83. The largest absolute Gasteiger partial charge is 0.370 e. The maximum absolute atomic E-state index is 12.6. The Kier molecular flexibility index (Phi) is 7.56. The summed E-state index contributed by atoms with van der Waals surface area (Å²) in [5.74, 6) is 1.32. The van der Waals surface area contributed by atoms with Crippen molar-refractivity contribution in [1.82, 2.24) is 14.7 Å². The number of aliphatic imine (C=N–C) groups is 1. The van der Waals surface area contributed by atoms with Crippen LogP contribution in [0, 0.1) is 5.92 Å². The quantitative estimate of drug-likeness (QED) is 0.554. The second kappa shape index (κ2) is 10.6. The average Bonchev–Trinajstić information content (AvgIpc) is 3.35. The highest BCUT2D eigenvalue weighted by molar-refractivity contribution is 6.30. The smallest absolute Gasteiger partial charge is 0.225 e. The number of carbonyl (C=O) groups excluding carboxylic acids is 1. The molecule has 1 aromatic rings. The van der Waals surface area contributed by atoms with Crippen molar-refractivity contribution >= 4 is 29.2 Å². The van der Waals surface area contributed by atoms with E-state index in [2.05, 4.69) is 36.7 Å². The highest BCUT2D eigenvalue weighted by Gasteiger charge is 2.29. The summed E-state index contributed by atoms with van der Waals surface area (Å²) in [6.07, 6.45) is 4.60. The molecule has 2 aliphatic heterocycles. The van der Waals surface area contributed by atoms with Crippen molar-refractivity contribution in [2.75, 3.05) is 70.3 Å². The third-order valence-electron chi connectivity index (χ3n) is 6.87. The number of halogens is 1. The van der Waals surface area contributed by atoms with E-state index in [-0.39, 0.29) is 5.92 Å². The van der Waals surface area contributed by atoms with Crippen molar-refractivity contribution in [3.05, 3.63) is 29.3 Å². The van der Waals surface area contributed by atoms with E-state index < -0.39 is 0 Å². The van der Waals surface area contributed by atoms with E-state index >= 15 is 0 Å². The number of rotatable bonds is 5. The molecule has 31 heavy (non-hydrogen) atoms. The number of guanidine groups is 1. The molecule has 2 N–H and O–H groups in total. The van der Waals surface area contributed by atoms with Crippen LogP contribution in [0.15, 0.2) is 29.3 Å². The van der Waals surface area contributed by atoms with Crippen LogP contribution in [0.2, 0.25) is 5.02 Å². The number of hydrogen-bond acceptors (Lipinski definition) is 4. The first-order valence-corrected chi connectivity index (χ1v) is 12.0. The molecule has 7 nitrogen and oxygen atoms in total. The zero-order chi connectivity index (χ0) is 21.6. The van der Waals surface area contributed by atoms with Gasteiger partial charge >= 0.3 is 0 Å². The third-order valence-corrected chi connectivity index (χ3v) is 7.13. The molecule has 0 unspecified atom stereocenters. The first kappa shape index (κ1) is 22.2. The van der Waals surface area contributed by atoms with Crippen LogP contribution in [0.25, 0.3) is 0 Å². The van der Waals surface area contributed by atoms with E-state index in [1.165, 1.54) is 18.5 Å². The van der Waals surface area contributed by atoms with Gasteiger partial charge in [0.15, 0.2) is 5.96 Å². The van der Waals surface area contributed by atoms with E-state index in [4.69, 9.17) is 17.3 Å². The standard InChI is InChI=1S/C23H35ClN6O/c24-20-5-7-21(8-6-20)28-15-17-30(18-16-28)23(25)26-9-10-27-11-13-29(14-12-27)22(31)19-3-1-2-4-19/h5-8,19H,1-4,9-18H2,(H2,25,26). The molecule has 8 heteroatoms. The van der Waals surface area contributed by atoms with Gasteiger partial charge in [-0.3, -0.25) is 14.7 Å². The van der Waals surface area contributed by atoms with Gasteiger partial charge in [0.05, 0.1) is 6.54 Å². The Morgan fingerprint density at radius 1 is 0.935 bits per heavy atom. The van der Waals surface area contributed by atoms with Crippen LogP contribution in [-0.4, -0.2) is 92.0 Å². The highest BCUT2D eigenvalue weighted by atomic mass is 35.5. The summed E-state index contributed by atoms with van der Waals surface area (Å²) in [4.78, 5) is 26.2. The number of piperazine rings is 2. The van der Waals surface area contributed by atoms with Gasteiger partial charge < -0.3 is 20.4 Å². The number of nitrogens with two attached hydrogens (primary N) is 1. The molecule has 1 aromatic carbocycles. The molecular weight excluding hydrogens is 412 g/mol. The first-order valence-electron chi connectivity index (χ1n) is 11.7. The van der Waals surface area contributed by atoms with Gasteiger partial charge in [0, 0.05) is 75.5 Å². The second-order valence-electron chi connectivity index (χ2n) is 8.84. The predicted octanol–water partition coefficient (Wildman–Crippen LogP) is 2.11. The number of hydrogen-bond donors (Lipinski definition) is 1. The molecule has 1 amide bonds. The molecule has 0 atom stereocenters. The van der Waals surface area contributed by atoms with Gasteiger partial charge in [-0.15, -0.1) is 0 Å². The Morgan fingerprint density at radius 3 is 2.19 bits per heavy atom. The molecular formula is C23H35ClN6O. The summed E-state index contributed by atoms with van der Waals surface area (Å²) in [6, 6.07) is 8.00. The number of anilines is 1. The van der Waals surface area contributed by atoms with Gasteiger partial charge in [-0.1, -0.05) is 24.4 Å². The van der Waals surface area contributed by atoms with Crippen molar-refractivity contribution in [2.45, 2.75) is 25.7 Å². The molecule has 1 saturated carbocycles. The molecule has 1 aliphatic carbocycles. The molecule has 2 heterocycles. The normalized spacial score (nSPS) is 21.7. The fourth-order valence-electron chi connectivity index (χ4n) is 4.87. The Hall–Kier alpha value is -1.99. The minimum atomic E-state index is 0.288. The van der Waals surface area contributed by atoms with Crippen molar-refractivity contribution in [2.24, 2.45) is 16.6 Å². The molecule has 0 bridgehead atoms. The molecule has 0 radical (unpaired) electrons. The van der Waals surface area contributed by atoms with Crippen LogP contribution in [-0.2, 0) is 4.79 Å². The van der Waals surface area contributed by atoms with Gasteiger partial charge in [-0.2, -0.15) is 0 Å². The topological polar surface area (TPSA) is 68.4 Å². The van der Waals surface area contributed by atoms with Gasteiger partial charge in [0.2, 0.25) is 5.91 Å². The number of benzene rings is 1. The van der Waals surface area contributed by atoms with Crippen LogP contribution in [0.4, 0.5) is 5.69 Å². The lowest BCUT2D eigenvalue weighted by Gasteiger charge is -2.37. The SMILES string of the molecule is NC(=NCCN1CCN(C(=O)C2CCCC2)CC1)N1CCN(c2ccc(Cl)cc2)CC1. The van der Waals surface area contributed by atoms with Crippen LogP contribution >= 0.6 is 11.6 Å². The lowest BCUT2D eigenvalue weighted by atomic mass is 10.1. The number of amides is 1. The summed E-state index contributed by atoms with van der Waals surface area (Å²) in [5.41, 5.74) is 7.47. The molecule has 2 saturated heterocycles.